The number of nitrogens with zero attached hydrogens (tertiary/aromatic N) is 4. The van der Waals surface area contributed by atoms with E-state index in [0.717, 1.165) is 39.1 Å². The first-order chi connectivity index (χ1) is 11.2. The van der Waals surface area contributed by atoms with Crippen LogP contribution in [0, 0.1) is 5.92 Å². The highest BCUT2D eigenvalue weighted by Crippen LogP contribution is 2.35. The molecule has 3 heterocycles. The summed E-state index contributed by atoms with van der Waals surface area (Å²) in [5, 5.41) is 6.47. The molecule has 0 amide bonds. The molecule has 2 saturated heterocycles. The van der Waals surface area contributed by atoms with Crippen molar-refractivity contribution in [3.63, 3.8) is 0 Å². The van der Waals surface area contributed by atoms with Gasteiger partial charge in [-0.25, -0.2) is 0 Å². The van der Waals surface area contributed by atoms with Gasteiger partial charge in [0.15, 0.2) is 0 Å². The number of hydrogen-bond acceptors (Lipinski definition) is 6. The Labute approximate surface area is 143 Å². The predicted molar refractivity (Wildman–Crippen MR) is 86.3 cm³/mol. The molecule has 5 nitrogen and oxygen atoms in total. The van der Waals surface area contributed by atoms with Gasteiger partial charge in [0.25, 0.3) is 0 Å². The van der Waals surface area contributed by atoms with Gasteiger partial charge in [-0.1, -0.05) is 11.3 Å². The maximum atomic E-state index is 12.6. The monoisotopic (exact) mass is 364 g/mol. The van der Waals surface area contributed by atoms with Crippen molar-refractivity contribution in [2.75, 3.05) is 44.2 Å². The summed E-state index contributed by atoms with van der Waals surface area (Å²) in [7, 11) is 0. The van der Waals surface area contributed by atoms with E-state index in [1.54, 1.807) is 0 Å². The third kappa shape index (κ3) is 4.37. The van der Waals surface area contributed by atoms with E-state index in [1.165, 1.54) is 0 Å². The Kier molecular flexibility index (Phi) is 5.04. The van der Waals surface area contributed by atoms with Gasteiger partial charge in [0.2, 0.25) is 10.1 Å². The van der Waals surface area contributed by atoms with Crippen LogP contribution in [0.15, 0.2) is 0 Å². The lowest BCUT2D eigenvalue weighted by Crippen LogP contribution is -2.49. The van der Waals surface area contributed by atoms with E-state index in [1.807, 2.05) is 4.90 Å². The predicted octanol–water partition coefficient (Wildman–Crippen LogP) is 2.88. The molecule has 0 aliphatic carbocycles. The van der Waals surface area contributed by atoms with Crippen molar-refractivity contribution in [3.05, 3.63) is 5.01 Å². The van der Waals surface area contributed by atoms with Crippen LogP contribution in [0.25, 0.3) is 0 Å². The number of aromatic nitrogens is 2. The fourth-order valence-electron chi connectivity index (χ4n) is 3.46. The minimum atomic E-state index is -4.41. The Bertz CT molecular complexity index is 555. The van der Waals surface area contributed by atoms with Gasteiger partial charge in [0, 0.05) is 39.3 Å². The van der Waals surface area contributed by atoms with Crippen molar-refractivity contribution < 1.29 is 17.9 Å². The number of ether oxygens (including phenoxy) is 1. The smallest absolute Gasteiger partial charge is 0.376 e. The molecule has 1 atom stereocenters. The molecule has 2 aliphatic rings. The molecule has 1 aromatic rings. The van der Waals surface area contributed by atoms with Crippen molar-refractivity contribution in [1.82, 2.24) is 15.1 Å². The second-order valence-corrected chi connectivity index (χ2v) is 8.10. The van der Waals surface area contributed by atoms with Crippen LogP contribution in [0.1, 0.15) is 31.7 Å². The second kappa shape index (κ2) is 6.76. The van der Waals surface area contributed by atoms with Crippen LogP contribution in [0.2, 0.25) is 0 Å². The molecule has 1 aromatic heterocycles. The average Bonchev–Trinajstić information content (AvgIpc) is 2.97. The van der Waals surface area contributed by atoms with Gasteiger partial charge in [-0.05, 0) is 32.6 Å². The van der Waals surface area contributed by atoms with E-state index < -0.39 is 11.2 Å². The van der Waals surface area contributed by atoms with Crippen LogP contribution in [0.3, 0.4) is 0 Å². The van der Waals surface area contributed by atoms with E-state index in [0.29, 0.717) is 35.5 Å². The Balaban J connectivity index is 1.50. The molecule has 136 valence electrons. The summed E-state index contributed by atoms with van der Waals surface area (Å²) >= 11 is 0.627. The van der Waals surface area contributed by atoms with Crippen molar-refractivity contribution >= 4 is 16.5 Å². The summed E-state index contributed by atoms with van der Waals surface area (Å²) in [6, 6.07) is 0. The maximum Gasteiger partial charge on any atom is 0.445 e. The van der Waals surface area contributed by atoms with E-state index in [4.69, 9.17) is 4.74 Å². The van der Waals surface area contributed by atoms with Gasteiger partial charge in [0.1, 0.15) is 0 Å². The lowest BCUT2D eigenvalue weighted by atomic mass is 9.88. The minimum Gasteiger partial charge on any atom is -0.376 e. The zero-order valence-corrected chi connectivity index (χ0v) is 14.8. The topological polar surface area (TPSA) is 41.5 Å². The van der Waals surface area contributed by atoms with Crippen molar-refractivity contribution in [1.29, 1.82) is 0 Å². The van der Waals surface area contributed by atoms with Gasteiger partial charge < -0.3 is 9.64 Å². The molecule has 0 spiro atoms. The molecule has 0 radical (unpaired) electrons. The highest BCUT2D eigenvalue weighted by Gasteiger charge is 2.36. The molecule has 3 rings (SSSR count). The highest BCUT2D eigenvalue weighted by atomic mass is 32.1. The Morgan fingerprint density at radius 2 is 1.92 bits per heavy atom. The van der Waals surface area contributed by atoms with Gasteiger partial charge in [-0.3, -0.25) is 4.90 Å². The molecule has 2 fully saturated rings. The number of hydrogen-bond donors (Lipinski definition) is 0. The first-order valence-corrected chi connectivity index (χ1v) is 9.06. The molecular formula is C15H23F3N4OS. The zero-order valence-electron chi connectivity index (χ0n) is 14.0. The second-order valence-electron chi connectivity index (χ2n) is 7.14. The van der Waals surface area contributed by atoms with Gasteiger partial charge in [-0.2, -0.15) is 13.2 Å². The number of anilines is 1. The molecule has 2 aliphatic heterocycles. The highest BCUT2D eigenvalue weighted by molar-refractivity contribution is 7.15. The van der Waals surface area contributed by atoms with Crippen LogP contribution in [0.5, 0.6) is 0 Å². The Morgan fingerprint density at radius 3 is 2.50 bits per heavy atom. The summed E-state index contributed by atoms with van der Waals surface area (Å²) in [6.07, 6.45) is -2.28. The van der Waals surface area contributed by atoms with Gasteiger partial charge in [-0.15, -0.1) is 10.2 Å². The summed E-state index contributed by atoms with van der Waals surface area (Å²) in [5.74, 6) is 0.624. The average molecular weight is 364 g/mol. The minimum absolute atomic E-state index is 0.0503. The Morgan fingerprint density at radius 1 is 1.21 bits per heavy atom. The molecule has 0 N–H and O–H groups in total. The first-order valence-electron chi connectivity index (χ1n) is 8.25. The molecular weight excluding hydrogens is 341 g/mol. The standard InChI is InChI=1S/C15H23F3N4OS/c1-14(2)9-11(3-8-23-14)10-21-4-6-22(7-5-21)13-20-19-12(24-13)15(16,17)18/h11H,3-10H2,1-2H3/t11-/m0/s1. The SMILES string of the molecule is CC1(C)C[C@@H](CN2CCN(c3nnc(C(F)(F)F)s3)CC2)CCO1. The fraction of sp³-hybridized carbons (Fsp3) is 0.867. The van der Waals surface area contributed by atoms with E-state index in [9.17, 15) is 13.2 Å². The van der Waals surface area contributed by atoms with E-state index in [2.05, 4.69) is 28.9 Å². The normalized spacial score (nSPS) is 25.9. The largest absolute Gasteiger partial charge is 0.445 e. The third-order valence-electron chi connectivity index (χ3n) is 4.62. The number of halogens is 3. The van der Waals surface area contributed by atoms with Crippen LogP contribution < -0.4 is 4.90 Å². The third-order valence-corrected chi connectivity index (χ3v) is 5.64. The van der Waals surface area contributed by atoms with Gasteiger partial charge >= 0.3 is 6.18 Å². The molecule has 0 bridgehead atoms. The van der Waals surface area contributed by atoms with Crippen LogP contribution in [-0.2, 0) is 10.9 Å². The van der Waals surface area contributed by atoms with Crippen molar-refractivity contribution in [2.45, 2.75) is 38.5 Å². The van der Waals surface area contributed by atoms with E-state index >= 15 is 0 Å². The summed E-state index contributed by atoms with van der Waals surface area (Å²) < 4.78 is 43.6. The van der Waals surface area contributed by atoms with Crippen LogP contribution >= 0.6 is 11.3 Å². The number of piperazine rings is 1. The van der Waals surface area contributed by atoms with Crippen molar-refractivity contribution in [2.24, 2.45) is 5.92 Å². The first kappa shape index (κ1) is 17.9. The molecule has 24 heavy (non-hydrogen) atoms. The summed E-state index contributed by atoms with van der Waals surface area (Å²) in [6.45, 7) is 9.18. The molecule has 0 aromatic carbocycles. The lowest BCUT2D eigenvalue weighted by Gasteiger charge is -2.40. The van der Waals surface area contributed by atoms with Crippen molar-refractivity contribution in [3.8, 4) is 0 Å². The van der Waals surface area contributed by atoms with E-state index in [-0.39, 0.29) is 5.60 Å². The summed E-state index contributed by atoms with van der Waals surface area (Å²) in [4.78, 5) is 4.30. The molecule has 9 heteroatoms. The Hall–Kier alpha value is -0.930. The molecule has 0 unspecified atom stereocenters. The van der Waals surface area contributed by atoms with Crippen LogP contribution in [-0.4, -0.2) is 60.0 Å². The fourth-order valence-corrected chi connectivity index (χ4v) is 4.22. The molecule has 0 saturated carbocycles. The maximum absolute atomic E-state index is 12.6. The summed E-state index contributed by atoms with van der Waals surface area (Å²) in [5.41, 5.74) is -0.0503. The lowest BCUT2D eigenvalue weighted by molar-refractivity contribution is -0.138. The van der Waals surface area contributed by atoms with Gasteiger partial charge in [0.05, 0.1) is 5.60 Å². The van der Waals surface area contributed by atoms with Crippen LogP contribution in [0.4, 0.5) is 18.3 Å². The number of rotatable bonds is 3. The zero-order chi connectivity index (χ0) is 17.4. The number of alkyl halides is 3. The quantitative estimate of drug-likeness (QED) is 0.825.